The SMILES string of the molecule is O=C(c1cnc2ccccc2n1)N1CCCC(n2cccn2)C1. The van der Waals surface area contributed by atoms with Crippen LogP contribution in [-0.4, -0.2) is 43.6 Å². The molecule has 6 heteroatoms. The smallest absolute Gasteiger partial charge is 0.274 e. The number of benzene rings is 1. The summed E-state index contributed by atoms with van der Waals surface area (Å²) in [6.45, 7) is 1.42. The Bertz CT molecular complexity index is 830. The number of nitrogens with zero attached hydrogens (tertiary/aromatic N) is 5. The molecule has 3 heterocycles. The van der Waals surface area contributed by atoms with Crippen LogP contribution in [0.2, 0.25) is 0 Å². The van der Waals surface area contributed by atoms with Gasteiger partial charge in [0.15, 0.2) is 0 Å². The quantitative estimate of drug-likeness (QED) is 0.729. The van der Waals surface area contributed by atoms with E-state index in [9.17, 15) is 4.79 Å². The standard InChI is InChI=1S/C17H17N5O/c23-17(16-11-18-14-6-1-2-7-15(14)20-16)21-9-3-5-13(12-21)22-10-4-8-19-22/h1-2,4,6-8,10-11,13H,3,5,9,12H2. The maximum atomic E-state index is 12.8. The Kier molecular flexibility index (Phi) is 3.49. The maximum absolute atomic E-state index is 12.8. The van der Waals surface area contributed by atoms with Crippen LogP contribution in [0.15, 0.2) is 48.9 Å². The Morgan fingerprint density at radius 3 is 2.87 bits per heavy atom. The average Bonchev–Trinajstić information content (AvgIpc) is 3.15. The topological polar surface area (TPSA) is 63.9 Å². The monoisotopic (exact) mass is 307 g/mol. The lowest BCUT2D eigenvalue weighted by Crippen LogP contribution is -2.41. The van der Waals surface area contributed by atoms with Crippen molar-refractivity contribution in [3.8, 4) is 0 Å². The number of rotatable bonds is 2. The summed E-state index contributed by atoms with van der Waals surface area (Å²) in [5, 5.41) is 4.30. The van der Waals surface area contributed by atoms with Gasteiger partial charge in [0, 0.05) is 25.5 Å². The first-order valence-corrected chi connectivity index (χ1v) is 7.81. The molecule has 4 rings (SSSR count). The highest BCUT2D eigenvalue weighted by molar-refractivity contribution is 5.93. The molecule has 0 saturated carbocycles. The fraction of sp³-hybridized carbons (Fsp3) is 0.294. The van der Waals surface area contributed by atoms with Crippen molar-refractivity contribution in [3.05, 3.63) is 54.6 Å². The highest BCUT2D eigenvalue weighted by Crippen LogP contribution is 2.22. The predicted octanol–water partition coefficient (Wildman–Crippen LogP) is 2.30. The third-order valence-electron chi connectivity index (χ3n) is 4.25. The van der Waals surface area contributed by atoms with Gasteiger partial charge in [-0.25, -0.2) is 4.98 Å². The number of hydrogen-bond acceptors (Lipinski definition) is 4. The second kappa shape index (κ2) is 5.79. The summed E-state index contributed by atoms with van der Waals surface area (Å²) >= 11 is 0. The van der Waals surface area contributed by atoms with Gasteiger partial charge in [-0.2, -0.15) is 5.10 Å². The van der Waals surface area contributed by atoms with Gasteiger partial charge in [0.1, 0.15) is 5.69 Å². The van der Waals surface area contributed by atoms with Crippen molar-refractivity contribution in [3.63, 3.8) is 0 Å². The van der Waals surface area contributed by atoms with Crippen LogP contribution < -0.4 is 0 Å². The highest BCUT2D eigenvalue weighted by Gasteiger charge is 2.26. The molecule has 0 spiro atoms. The van der Waals surface area contributed by atoms with Crippen LogP contribution in [0.1, 0.15) is 29.4 Å². The van der Waals surface area contributed by atoms with Crippen LogP contribution in [0.25, 0.3) is 11.0 Å². The van der Waals surface area contributed by atoms with E-state index in [2.05, 4.69) is 15.1 Å². The number of amides is 1. The fourth-order valence-corrected chi connectivity index (χ4v) is 3.07. The lowest BCUT2D eigenvalue weighted by molar-refractivity contribution is 0.0667. The maximum Gasteiger partial charge on any atom is 0.274 e. The van der Waals surface area contributed by atoms with Gasteiger partial charge in [-0.3, -0.25) is 14.5 Å². The Labute approximate surface area is 133 Å². The van der Waals surface area contributed by atoms with Crippen LogP contribution in [0.4, 0.5) is 0 Å². The van der Waals surface area contributed by atoms with E-state index in [0.717, 1.165) is 30.4 Å². The lowest BCUT2D eigenvalue weighted by atomic mass is 10.1. The van der Waals surface area contributed by atoms with Crippen LogP contribution >= 0.6 is 0 Å². The van der Waals surface area contributed by atoms with E-state index in [1.807, 2.05) is 46.1 Å². The van der Waals surface area contributed by atoms with Crippen molar-refractivity contribution in [2.75, 3.05) is 13.1 Å². The van der Waals surface area contributed by atoms with Gasteiger partial charge in [0.05, 0.1) is 23.3 Å². The van der Waals surface area contributed by atoms with Gasteiger partial charge < -0.3 is 4.90 Å². The van der Waals surface area contributed by atoms with E-state index < -0.39 is 0 Å². The van der Waals surface area contributed by atoms with Gasteiger partial charge in [0.25, 0.3) is 5.91 Å². The number of piperidine rings is 1. The van der Waals surface area contributed by atoms with E-state index in [1.54, 1.807) is 12.4 Å². The number of para-hydroxylation sites is 2. The number of carbonyl (C=O) groups excluding carboxylic acids is 1. The normalized spacial score (nSPS) is 18.3. The number of likely N-dealkylation sites (tertiary alicyclic amines) is 1. The molecule has 1 aliphatic rings. The van der Waals surface area contributed by atoms with E-state index in [4.69, 9.17) is 0 Å². The van der Waals surface area contributed by atoms with Crippen LogP contribution in [0.5, 0.6) is 0 Å². The van der Waals surface area contributed by atoms with Crippen LogP contribution in [0.3, 0.4) is 0 Å². The van der Waals surface area contributed by atoms with Gasteiger partial charge in [-0.15, -0.1) is 0 Å². The Morgan fingerprint density at radius 1 is 1.17 bits per heavy atom. The summed E-state index contributed by atoms with van der Waals surface area (Å²) in [6.07, 6.45) is 7.30. The molecule has 0 radical (unpaired) electrons. The third kappa shape index (κ3) is 2.67. The van der Waals surface area contributed by atoms with Gasteiger partial charge in [0.2, 0.25) is 0 Å². The van der Waals surface area contributed by atoms with E-state index in [-0.39, 0.29) is 11.9 Å². The highest BCUT2D eigenvalue weighted by atomic mass is 16.2. The largest absolute Gasteiger partial charge is 0.335 e. The molecule has 0 N–H and O–H groups in total. The zero-order valence-corrected chi connectivity index (χ0v) is 12.7. The molecule has 1 aromatic carbocycles. The molecule has 1 atom stereocenters. The Hall–Kier alpha value is -2.76. The molecular weight excluding hydrogens is 290 g/mol. The molecule has 23 heavy (non-hydrogen) atoms. The fourth-order valence-electron chi connectivity index (χ4n) is 3.07. The molecule has 0 aliphatic carbocycles. The molecule has 1 amide bonds. The first-order valence-electron chi connectivity index (χ1n) is 7.81. The first-order chi connectivity index (χ1) is 11.3. The molecule has 2 aromatic heterocycles. The van der Waals surface area contributed by atoms with Crippen molar-refractivity contribution in [2.45, 2.75) is 18.9 Å². The number of aromatic nitrogens is 4. The predicted molar refractivity (Wildman–Crippen MR) is 85.9 cm³/mol. The summed E-state index contributed by atoms with van der Waals surface area (Å²) in [7, 11) is 0. The van der Waals surface area contributed by atoms with Crippen LogP contribution in [-0.2, 0) is 0 Å². The third-order valence-corrected chi connectivity index (χ3v) is 4.25. The summed E-state index contributed by atoms with van der Waals surface area (Å²) < 4.78 is 1.94. The zero-order chi connectivity index (χ0) is 15.6. The molecular formula is C17H17N5O. The number of fused-ring (bicyclic) bond motifs is 1. The first kappa shape index (κ1) is 13.9. The van der Waals surface area contributed by atoms with Crippen molar-refractivity contribution in [1.29, 1.82) is 0 Å². The summed E-state index contributed by atoms with van der Waals surface area (Å²) in [5.41, 5.74) is 1.96. The minimum Gasteiger partial charge on any atom is -0.335 e. The molecule has 1 aliphatic heterocycles. The Balaban J connectivity index is 1.57. The molecule has 1 saturated heterocycles. The van der Waals surface area contributed by atoms with E-state index in [0.29, 0.717) is 12.2 Å². The van der Waals surface area contributed by atoms with E-state index in [1.165, 1.54) is 0 Å². The molecule has 0 bridgehead atoms. The average molecular weight is 307 g/mol. The van der Waals surface area contributed by atoms with Gasteiger partial charge >= 0.3 is 0 Å². The molecule has 116 valence electrons. The zero-order valence-electron chi connectivity index (χ0n) is 12.7. The molecule has 1 unspecified atom stereocenters. The minimum atomic E-state index is -0.0555. The second-order valence-electron chi connectivity index (χ2n) is 5.78. The number of hydrogen-bond donors (Lipinski definition) is 0. The van der Waals surface area contributed by atoms with Gasteiger partial charge in [-0.1, -0.05) is 12.1 Å². The van der Waals surface area contributed by atoms with Crippen LogP contribution in [0, 0.1) is 0 Å². The van der Waals surface area contributed by atoms with Crippen molar-refractivity contribution < 1.29 is 4.79 Å². The summed E-state index contributed by atoms with van der Waals surface area (Å²) in [6, 6.07) is 9.73. The summed E-state index contributed by atoms with van der Waals surface area (Å²) in [5.74, 6) is -0.0555. The Morgan fingerprint density at radius 2 is 2.04 bits per heavy atom. The summed E-state index contributed by atoms with van der Waals surface area (Å²) in [4.78, 5) is 23.4. The molecule has 3 aromatic rings. The van der Waals surface area contributed by atoms with Crippen molar-refractivity contribution in [2.24, 2.45) is 0 Å². The molecule has 6 nitrogen and oxygen atoms in total. The van der Waals surface area contributed by atoms with Crippen molar-refractivity contribution in [1.82, 2.24) is 24.6 Å². The van der Waals surface area contributed by atoms with Crippen molar-refractivity contribution >= 4 is 16.9 Å². The minimum absolute atomic E-state index is 0.0555. The van der Waals surface area contributed by atoms with Gasteiger partial charge in [-0.05, 0) is 31.0 Å². The second-order valence-corrected chi connectivity index (χ2v) is 5.78. The number of carbonyl (C=O) groups is 1. The molecule has 1 fully saturated rings. The lowest BCUT2D eigenvalue weighted by Gasteiger charge is -2.32. The van der Waals surface area contributed by atoms with E-state index >= 15 is 0 Å².